The highest BCUT2D eigenvalue weighted by atomic mass is 127. The molecule has 0 saturated carbocycles. The van der Waals surface area contributed by atoms with Crippen molar-refractivity contribution in [2.75, 3.05) is 4.43 Å². The SMILES string of the molecule is CC(=O)O[C@H]([C@H](OC(C)=O)[C@H](C#Cc1ccccc1)OCc1ccccc1)[C@H](OCc1ccccc1)[C@@H](CI)OC(C)=O. The maximum atomic E-state index is 12.5. The molecule has 8 nitrogen and oxygen atoms in total. The number of alkyl halides is 1. The number of carbonyl (C=O) groups excluding carboxylic acids is 3. The zero-order valence-corrected chi connectivity index (χ0v) is 26.5. The van der Waals surface area contributed by atoms with Gasteiger partial charge in [-0.05, 0) is 23.3 Å². The van der Waals surface area contributed by atoms with Crippen molar-refractivity contribution in [3.63, 3.8) is 0 Å². The molecule has 0 aliphatic carbocycles. The van der Waals surface area contributed by atoms with Gasteiger partial charge in [-0.1, -0.05) is 113 Å². The number of ether oxygens (including phenoxy) is 5. The molecule has 0 bridgehead atoms. The molecule has 3 aromatic rings. The second-order valence-corrected chi connectivity index (χ2v) is 10.4. The number of esters is 3. The summed E-state index contributed by atoms with van der Waals surface area (Å²) in [6, 6.07) is 28.1. The lowest BCUT2D eigenvalue weighted by Crippen LogP contribution is -2.55. The Morgan fingerprint density at radius 1 is 0.628 bits per heavy atom. The quantitative estimate of drug-likeness (QED) is 0.0723. The van der Waals surface area contributed by atoms with Crippen molar-refractivity contribution in [3.8, 4) is 11.8 Å². The van der Waals surface area contributed by atoms with Crippen LogP contribution in [0, 0.1) is 11.8 Å². The predicted octanol–water partition coefficient (Wildman–Crippen LogP) is 5.44. The highest BCUT2D eigenvalue weighted by Gasteiger charge is 2.45. The monoisotopic (exact) mass is 698 g/mol. The van der Waals surface area contributed by atoms with E-state index in [1.54, 1.807) is 0 Å². The number of hydrogen-bond donors (Lipinski definition) is 0. The van der Waals surface area contributed by atoms with E-state index >= 15 is 0 Å². The second kappa shape index (κ2) is 18.1. The Labute approximate surface area is 266 Å². The van der Waals surface area contributed by atoms with Crippen molar-refractivity contribution in [1.29, 1.82) is 0 Å². The van der Waals surface area contributed by atoms with Crippen LogP contribution in [0.2, 0.25) is 0 Å². The molecule has 0 saturated heterocycles. The molecule has 9 heteroatoms. The third-order valence-electron chi connectivity index (χ3n) is 6.08. The fraction of sp³-hybridized carbons (Fsp3) is 0.324. The van der Waals surface area contributed by atoms with E-state index in [1.807, 2.05) is 91.0 Å². The fourth-order valence-corrected chi connectivity index (χ4v) is 4.92. The van der Waals surface area contributed by atoms with Crippen LogP contribution in [0.1, 0.15) is 37.5 Å². The Balaban J connectivity index is 2.10. The molecule has 0 unspecified atom stereocenters. The molecule has 226 valence electrons. The van der Waals surface area contributed by atoms with Crippen LogP contribution in [0.4, 0.5) is 0 Å². The summed E-state index contributed by atoms with van der Waals surface area (Å²) in [5.41, 5.74) is 2.42. The zero-order chi connectivity index (χ0) is 31.0. The molecule has 3 aromatic carbocycles. The Kier molecular flexibility index (Phi) is 14.2. The Morgan fingerprint density at radius 2 is 1.09 bits per heavy atom. The largest absolute Gasteiger partial charge is 0.459 e. The normalized spacial score (nSPS) is 14.1. The highest BCUT2D eigenvalue weighted by Crippen LogP contribution is 2.25. The molecule has 3 rings (SSSR count). The van der Waals surface area contributed by atoms with Crippen molar-refractivity contribution >= 4 is 40.5 Å². The Morgan fingerprint density at radius 3 is 1.58 bits per heavy atom. The van der Waals surface area contributed by atoms with Gasteiger partial charge in [-0.25, -0.2) is 0 Å². The minimum absolute atomic E-state index is 0.107. The smallest absolute Gasteiger partial charge is 0.303 e. The first-order valence-corrected chi connectivity index (χ1v) is 15.2. The lowest BCUT2D eigenvalue weighted by Gasteiger charge is -2.37. The number of rotatable bonds is 14. The van der Waals surface area contributed by atoms with E-state index in [-0.39, 0.29) is 13.2 Å². The van der Waals surface area contributed by atoms with E-state index in [2.05, 4.69) is 34.4 Å². The topological polar surface area (TPSA) is 97.4 Å². The molecule has 0 radical (unpaired) electrons. The van der Waals surface area contributed by atoms with Gasteiger partial charge in [0, 0.05) is 30.8 Å². The minimum atomic E-state index is -1.25. The summed E-state index contributed by atoms with van der Waals surface area (Å²) in [7, 11) is 0. The highest BCUT2D eigenvalue weighted by molar-refractivity contribution is 14.1. The van der Waals surface area contributed by atoms with Crippen LogP contribution in [0.25, 0.3) is 0 Å². The summed E-state index contributed by atoms with van der Waals surface area (Å²) in [4.78, 5) is 37.2. The third-order valence-corrected chi connectivity index (χ3v) is 6.94. The number of carbonyl (C=O) groups is 3. The van der Waals surface area contributed by atoms with Crippen LogP contribution < -0.4 is 0 Å². The first-order chi connectivity index (χ1) is 20.8. The Hall–Kier alpha value is -3.72. The summed E-state index contributed by atoms with van der Waals surface area (Å²) in [5.74, 6) is 4.34. The van der Waals surface area contributed by atoms with Gasteiger partial charge in [-0.2, -0.15) is 0 Å². The van der Waals surface area contributed by atoms with Crippen molar-refractivity contribution in [1.82, 2.24) is 0 Å². The maximum absolute atomic E-state index is 12.5. The molecule has 0 heterocycles. The molecule has 0 N–H and O–H groups in total. The van der Waals surface area contributed by atoms with E-state index in [4.69, 9.17) is 23.7 Å². The minimum Gasteiger partial charge on any atom is -0.459 e. The molecule has 0 fully saturated rings. The molecule has 0 spiro atoms. The van der Waals surface area contributed by atoms with Crippen LogP contribution in [-0.4, -0.2) is 52.9 Å². The van der Waals surface area contributed by atoms with Crippen LogP contribution in [0.5, 0.6) is 0 Å². The molecule has 0 aliphatic rings. The van der Waals surface area contributed by atoms with E-state index in [0.29, 0.717) is 9.99 Å². The van der Waals surface area contributed by atoms with E-state index < -0.39 is 48.4 Å². The van der Waals surface area contributed by atoms with Gasteiger partial charge in [0.05, 0.1) is 13.2 Å². The van der Waals surface area contributed by atoms with Gasteiger partial charge in [0.2, 0.25) is 0 Å². The lowest BCUT2D eigenvalue weighted by molar-refractivity contribution is -0.204. The zero-order valence-electron chi connectivity index (χ0n) is 24.3. The molecule has 5 atom stereocenters. The second-order valence-electron chi connectivity index (χ2n) is 9.56. The van der Waals surface area contributed by atoms with Crippen molar-refractivity contribution in [2.45, 2.75) is 64.5 Å². The molecule has 43 heavy (non-hydrogen) atoms. The number of halogens is 1. The van der Waals surface area contributed by atoms with Crippen LogP contribution >= 0.6 is 22.6 Å². The lowest BCUT2D eigenvalue weighted by atomic mass is 9.98. The van der Waals surface area contributed by atoms with E-state index in [0.717, 1.165) is 11.1 Å². The van der Waals surface area contributed by atoms with Gasteiger partial charge in [-0.3, -0.25) is 14.4 Å². The van der Waals surface area contributed by atoms with Gasteiger partial charge in [0.1, 0.15) is 12.2 Å². The summed E-state index contributed by atoms with van der Waals surface area (Å²) in [6.07, 6.45) is -5.47. The molecule has 0 amide bonds. The van der Waals surface area contributed by atoms with Crippen molar-refractivity contribution in [2.24, 2.45) is 0 Å². The van der Waals surface area contributed by atoms with Crippen LogP contribution in [0.3, 0.4) is 0 Å². The summed E-state index contributed by atoms with van der Waals surface area (Å²) >= 11 is 2.07. The molecule has 0 aliphatic heterocycles. The van der Waals surface area contributed by atoms with Gasteiger partial charge in [-0.15, -0.1) is 0 Å². The third kappa shape index (κ3) is 11.8. The first-order valence-electron chi connectivity index (χ1n) is 13.7. The fourth-order valence-electron chi connectivity index (χ4n) is 4.24. The van der Waals surface area contributed by atoms with Crippen molar-refractivity contribution in [3.05, 3.63) is 108 Å². The van der Waals surface area contributed by atoms with Gasteiger partial charge >= 0.3 is 17.9 Å². The standard InChI is InChI=1S/C34H35IO8/c1-24(36)41-31(21-35)32(40-23-29-17-11-6-12-18-29)34(43-26(3)38)33(42-25(2)37)30(20-19-27-13-7-4-8-14-27)39-22-28-15-9-5-10-16-28/h4-18,30-34H,21-23H2,1-3H3/t30-,31+,32+,33+,34-/m0/s1. The van der Waals surface area contributed by atoms with Crippen LogP contribution in [-0.2, 0) is 51.3 Å². The van der Waals surface area contributed by atoms with Crippen LogP contribution in [0.15, 0.2) is 91.0 Å². The van der Waals surface area contributed by atoms with Gasteiger partial charge in [0.15, 0.2) is 18.3 Å². The predicted molar refractivity (Wildman–Crippen MR) is 169 cm³/mol. The Bertz CT molecular complexity index is 1350. The summed E-state index contributed by atoms with van der Waals surface area (Å²) < 4.78 is 30.2. The van der Waals surface area contributed by atoms with Gasteiger partial charge in [0.25, 0.3) is 0 Å². The van der Waals surface area contributed by atoms with E-state index in [1.165, 1.54) is 20.8 Å². The van der Waals surface area contributed by atoms with E-state index in [9.17, 15) is 14.4 Å². The molecular weight excluding hydrogens is 663 g/mol. The number of benzene rings is 3. The summed E-state index contributed by atoms with van der Waals surface area (Å²) in [6.45, 7) is 4.02. The average molecular weight is 699 g/mol. The molecule has 0 aromatic heterocycles. The average Bonchev–Trinajstić information content (AvgIpc) is 3.00. The van der Waals surface area contributed by atoms with Crippen molar-refractivity contribution < 1.29 is 38.1 Å². The first kappa shape index (κ1) is 33.8. The summed E-state index contributed by atoms with van der Waals surface area (Å²) in [5, 5.41) is 0. The maximum Gasteiger partial charge on any atom is 0.303 e. The van der Waals surface area contributed by atoms with Gasteiger partial charge < -0.3 is 23.7 Å². The number of hydrogen-bond acceptors (Lipinski definition) is 8. The molecular formula is C34H35IO8.